The number of carbonyl (C=O) groups excluding carboxylic acids is 1. The summed E-state index contributed by atoms with van der Waals surface area (Å²) in [6.07, 6.45) is 5.81. The predicted octanol–water partition coefficient (Wildman–Crippen LogP) is 2.65. The van der Waals surface area contributed by atoms with Gasteiger partial charge in [0.25, 0.3) is 0 Å². The molecular formula is C18H22N4O2S. The van der Waals surface area contributed by atoms with Gasteiger partial charge in [0.05, 0.1) is 11.5 Å². The van der Waals surface area contributed by atoms with Crippen LogP contribution in [0.25, 0.3) is 0 Å². The first-order valence-electron chi connectivity index (χ1n) is 8.78. The Hall–Kier alpha value is -2.15. The smallest absolute Gasteiger partial charge is 0.227 e. The first kappa shape index (κ1) is 16.3. The van der Waals surface area contributed by atoms with E-state index in [2.05, 4.69) is 15.5 Å². The van der Waals surface area contributed by atoms with Gasteiger partial charge in [0.1, 0.15) is 17.4 Å². The number of carbonyl (C=O) groups is 1. The Kier molecular flexibility index (Phi) is 4.33. The summed E-state index contributed by atoms with van der Waals surface area (Å²) in [6.45, 7) is 0.414. The molecule has 7 heteroatoms. The SMILES string of the molecule is Nc1nnc(C2(NC(=O)[C@H]3COc4ccccc4C3)CCCCC2)s1. The Morgan fingerprint density at radius 2 is 2.04 bits per heavy atom. The van der Waals surface area contributed by atoms with Crippen LogP contribution in [0, 0.1) is 5.92 Å². The Balaban J connectivity index is 1.53. The summed E-state index contributed by atoms with van der Waals surface area (Å²) >= 11 is 1.38. The summed E-state index contributed by atoms with van der Waals surface area (Å²) in [5.41, 5.74) is 6.44. The van der Waals surface area contributed by atoms with Crippen molar-refractivity contribution in [2.75, 3.05) is 12.3 Å². The number of anilines is 1. The minimum atomic E-state index is -0.429. The fourth-order valence-electron chi connectivity index (χ4n) is 3.81. The highest BCUT2D eigenvalue weighted by Crippen LogP contribution is 2.39. The summed E-state index contributed by atoms with van der Waals surface area (Å²) in [5.74, 6) is 0.736. The summed E-state index contributed by atoms with van der Waals surface area (Å²) in [6, 6.07) is 7.91. The predicted molar refractivity (Wildman–Crippen MR) is 96.4 cm³/mol. The van der Waals surface area contributed by atoms with E-state index in [-0.39, 0.29) is 11.8 Å². The van der Waals surface area contributed by atoms with Gasteiger partial charge in [0.2, 0.25) is 11.0 Å². The number of fused-ring (bicyclic) bond motifs is 1. The number of amides is 1. The highest BCUT2D eigenvalue weighted by atomic mass is 32.1. The van der Waals surface area contributed by atoms with Crippen LogP contribution in [0.2, 0.25) is 0 Å². The number of nitrogen functional groups attached to an aromatic ring is 1. The maximum atomic E-state index is 13.0. The van der Waals surface area contributed by atoms with Gasteiger partial charge < -0.3 is 15.8 Å². The molecule has 1 aliphatic carbocycles. The van der Waals surface area contributed by atoms with Crippen molar-refractivity contribution in [3.05, 3.63) is 34.8 Å². The highest BCUT2D eigenvalue weighted by molar-refractivity contribution is 7.15. The van der Waals surface area contributed by atoms with Gasteiger partial charge in [-0.15, -0.1) is 10.2 Å². The highest BCUT2D eigenvalue weighted by Gasteiger charge is 2.40. The molecule has 0 saturated heterocycles. The molecule has 0 spiro atoms. The minimum absolute atomic E-state index is 0.0326. The number of hydrogen-bond acceptors (Lipinski definition) is 6. The third-order valence-electron chi connectivity index (χ3n) is 5.17. The van der Waals surface area contributed by atoms with E-state index in [1.54, 1.807) is 0 Å². The summed E-state index contributed by atoms with van der Waals surface area (Å²) in [4.78, 5) is 13.0. The fourth-order valence-corrected chi connectivity index (χ4v) is 4.62. The second kappa shape index (κ2) is 6.63. The molecule has 0 unspecified atom stereocenters. The first-order valence-corrected chi connectivity index (χ1v) is 9.60. The quantitative estimate of drug-likeness (QED) is 0.880. The third kappa shape index (κ3) is 3.20. The Bertz CT molecular complexity index is 770. The Morgan fingerprint density at radius 3 is 2.80 bits per heavy atom. The van der Waals surface area contributed by atoms with Crippen LogP contribution in [0.5, 0.6) is 5.75 Å². The first-order chi connectivity index (χ1) is 12.2. The normalized spacial score (nSPS) is 21.8. The molecule has 1 amide bonds. The van der Waals surface area contributed by atoms with Crippen LogP contribution in [-0.2, 0) is 16.8 Å². The number of para-hydroxylation sites is 1. The molecule has 1 aromatic carbocycles. The number of ether oxygens (including phenoxy) is 1. The number of nitrogens with zero attached hydrogens (tertiary/aromatic N) is 2. The van der Waals surface area contributed by atoms with Gasteiger partial charge in [-0.1, -0.05) is 48.8 Å². The molecule has 3 N–H and O–H groups in total. The van der Waals surface area contributed by atoms with Gasteiger partial charge in [-0.3, -0.25) is 4.79 Å². The van der Waals surface area contributed by atoms with Crippen LogP contribution in [0.4, 0.5) is 5.13 Å². The molecule has 2 aromatic rings. The molecule has 1 aliphatic heterocycles. The number of hydrogen-bond donors (Lipinski definition) is 2. The lowest BCUT2D eigenvalue weighted by Crippen LogP contribution is -2.50. The van der Waals surface area contributed by atoms with Crippen LogP contribution in [0.15, 0.2) is 24.3 Å². The van der Waals surface area contributed by atoms with Gasteiger partial charge >= 0.3 is 0 Å². The zero-order chi connectivity index (χ0) is 17.3. The lowest BCUT2D eigenvalue weighted by Gasteiger charge is -2.37. The van der Waals surface area contributed by atoms with Crippen LogP contribution in [0.3, 0.4) is 0 Å². The number of nitrogens with one attached hydrogen (secondary N) is 1. The molecule has 0 radical (unpaired) electrons. The second-order valence-corrected chi connectivity index (χ2v) is 7.91. The lowest BCUT2D eigenvalue weighted by molar-refractivity contribution is -0.129. The van der Waals surface area contributed by atoms with E-state index in [4.69, 9.17) is 10.5 Å². The zero-order valence-electron chi connectivity index (χ0n) is 14.0. The van der Waals surface area contributed by atoms with Gasteiger partial charge in [-0.05, 0) is 30.9 Å². The molecule has 6 nitrogen and oxygen atoms in total. The molecule has 132 valence electrons. The van der Waals surface area contributed by atoms with Crippen LogP contribution in [0.1, 0.15) is 42.7 Å². The molecule has 1 aromatic heterocycles. The summed E-state index contributed by atoms with van der Waals surface area (Å²) in [7, 11) is 0. The van der Waals surface area contributed by atoms with Gasteiger partial charge in [-0.25, -0.2) is 0 Å². The average Bonchev–Trinajstić information content (AvgIpc) is 3.09. The van der Waals surface area contributed by atoms with E-state index >= 15 is 0 Å². The molecule has 1 saturated carbocycles. The van der Waals surface area contributed by atoms with E-state index in [0.29, 0.717) is 18.2 Å². The summed E-state index contributed by atoms with van der Waals surface area (Å²) < 4.78 is 5.78. The lowest BCUT2D eigenvalue weighted by atomic mass is 9.81. The molecule has 25 heavy (non-hydrogen) atoms. The molecule has 2 aliphatic rings. The maximum Gasteiger partial charge on any atom is 0.227 e. The second-order valence-electron chi connectivity index (χ2n) is 6.90. The zero-order valence-corrected chi connectivity index (χ0v) is 14.8. The maximum absolute atomic E-state index is 13.0. The van der Waals surface area contributed by atoms with E-state index in [1.807, 2.05) is 24.3 Å². The molecule has 2 heterocycles. The molecule has 1 fully saturated rings. The van der Waals surface area contributed by atoms with E-state index in [0.717, 1.165) is 42.0 Å². The molecule has 1 atom stereocenters. The van der Waals surface area contributed by atoms with Crippen molar-refractivity contribution >= 4 is 22.4 Å². The van der Waals surface area contributed by atoms with Crippen molar-refractivity contribution in [1.82, 2.24) is 15.5 Å². The molecule has 4 rings (SSSR count). The van der Waals surface area contributed by atoms with E-state index in [9.17, 15) is 4.79 Å². The number of rotatable bonds is 3. The number of nitrogens with two attached hydrogens (primary N) is 1. The standard InChI is InChI=1S/C18H22N4O2S/c19-17-22-21-16(25-17)18(8-4-1-5-9-18)20-15(23)13-10-12-6-2-3-7-14(12)24-11-13/h2-3,6-7,13H,1,4-5,8-11H2,(H2,19,22)(H,20,23)/t13-/m1/s1. The van der Waals surface area contributed by atoms with Crippen LogP contribution < -0.4 is 15.8 Å². The van der Waals surface area contributed by atoms with Gasteiger partial charge in [0.15, 0.2) is 0 Å². The largest absolute Gasteiger partial charge is 0.492 e. The molecular weight excluding hydrogens is 336 g/mol. The van der Waals surface area contributed by atoms with Crippen molar-refractivity contribution in [3.8, 4) is 5.75 Å². The third-order valence-corrected chi connectivity index (χ3v) is 6.13. The van der Waals surface area contributed by atoms with E-state index in [1.165, 1.54) is 17.8 Å². The monoisotopic (exact) mass is 358 g/mol. The topological polar surface area (TPSA) is 90.1 Å². The molecule has 0 bridgehead atoms. The minimum Gasteiger partial charge on any atom is -0.492 e. The average molecular weight is 358 g/mol. The van der Waals surface area contributed by atoms with Gasteiger partial charge in [0, 0.05) is 0 Å². The van der Waals surface area contributed by atoms with Crippen molar-refractivity contribution in [3.63, 3.8) is 0 Å². The van der Waals surface area contributed by atoms with E-state index < -0.39 is 5.54 Å². The van der Waals surface area contributed by atoms with Crippen molar-refractivity contribution in [2.45, 2.75) is 44.1 Å². The van der Waals surface area contributed by atoms with Gasteiger partial charge in [-0.2, -0.15) is 0 Å². The summed E-state index contributed by atoms with van der Waals surface area (Å²) in [5, 5.41) is 12.8. The Labute approximate surface area is 150 Å². The van der Waals surface area contributed by atoms with Crippen molar-refractivity contribution in [1.29, 1.82) is 0 Å². The number of benzene rings is 1. The van der Waals surface area contributed by atoms with Crippen molar-refractivity contribution < 1.29 is 9.53 Å². The Morgan fingerprint density at radius 1 is 1.24 bits per heavy atom. The van der Waals surface area contributed by atoms with Crippen LogP contribution in [-0.4, -0.2) is 22.7 Å². The number of aromatic nitrogens is 2. The fraction of sp³-hybridized carbons (Fsp3) is 0.500. The van der Waals surface area contributed by atoms with Crippen molar-refractivity contribution in [2.24, 2.45) is 5.92 Å². The van der Waals surface area contributed by atoms with Crippen LogP contribution >= 0.6 is 11.3 Å².